The third-order valence-electron chi connectivity index (χ3n) is 3.77. The van der Waals surface area contributed by atoms with Crippen LogP contribution in [0.3, 0.4) is 0 Å². The van der Waals surface area contributed by atoms with Gasteiger partial charge in [-0.15, -0.1) is 0 Å². The Morgan fingerprint density at radius 3 is 2.89 bits per heavy atom. The molecule has 1 aliphatic carbocycles. The summed E-state index contributed by atoms with van der Waals surface area (Å²) in [4.78, 5) is 0. The van der Waals surface area contributed by atoms with Crippen LogP contribution in [0, 0.1) is 6.92 Å². The fourth-order valence-electron chi connectivity index (χ4n) is 2.42. The zero-order valence-corrected chi connectivity index (χ0v) is 11.7. The van der Waals surface area contributed by atoms with Crippen molar-refractivity contribution in [3.63, 3.8) is 0 Å². The van der Waals surface area contributed by atoms with Crippen LogP contribution in [0.4, 0.5) is 0 Å². The first-order valence-corrected chi connectivity index (χ1v) is 7.13. The molecule has 0 spiro atoms. The summed E-state index contributed by atoms with van der Waals surface area (Å²) in [5, 5.41) is 7.94. The zero-order chi connectivity index (χ0) is 13.2. The summed E-state index contributed by atoms with van der Waals surface area (Å²) in [6, 6.07) is 9.59. The highest BCUT2D eigenvalue weighted by Gasteiger charge is 2.20. The maximum atomic E-state index is 4.37. The number of nitrogens with zero attached hydrogens (tertiary/aromatic N) is 2. The van der Waals surface area contributed by atoms with Crippen LogP contribution >= 0.6 is 0 Å². The molecule has 1 fully saturated rings. The summed E-state index contributed by atoms with van der Waals surface area (Å²) in [5.74, 6) is 0. The Morgan fingerprint density at radius 2 is 2.16 bits per heavy atom. The van der Waals surface area contributed by atoms with E-state index in [0.717, 1.165) is 19.1 Å². The van der Waals surface area contributed by atoms with E-state index in [1.165, 1.54) is 35.2 Å². The highest BCUT2D eigenvalue weighted by molar-refractivity contribution is 5.64. The minimum atomic E-state index is 0.755. The van der Waals surface area contributed by atoms with Crippen LogP contribution in [0.5, 0.6) is 0 Å². The molecular formula is C16H21N3. The summed E-state index contributed by atoms with van der Waals surface area (Å²) in [5.41, 5.74) is 5.18. The van der Waals surface area contributed by atoms with Gasteiger partial charge in [0.15, 0.2) is 0 Å². The van der Waals surface area contributed by atoms with Gasteiger partial charge in [0.05, 0.1) is 5.69 Å². The maximum absolute atomic E-state index is 4.37. The highest BCUT2D eigenvalue weighted by Crippen LogP contribution is 2.25. The van der Waals surface area contributed by atoms with Crippen molar-refractivity contribution in [2.75, 3.05) is 0 Å². The first kappa shape index (κ1) is 12.4. The predicted molar refractivity (Wildman–Crippen MR) is 77.9 cm³/mol. The number of nitrogens with one attached hydrogen (secondary N) is 1. The standard InChI is InChI=1S/C16H21N3/c1-3-19-16(8-9-18-19)15-10-13(5-4-12(15)2)11-17-14-6-7-14/h4-5,8-10,14,17H,3,6-7,11H2,1-2H3. The van der Waals surface area contributed by atoms with Gasteiger partial charge in [-0.3, -0.25) is 4.68 Å². The Labute approximate surface area is 114 Å². The van der Waals surface area contributed by atoms with E-state index >= 15 is 0 Å². The molecule has 1 heterocycles. The second-order valence-electron chi connectivity index (χ2n) is 5.34. The van der Waals surface area contributed by atoms with Gasteiger partial charge in [0.1, 0.15) is 0 Å². The Hall–Kier alpha value is -1.61. The number of rotatable bonds is 5. The monoisotopic (exact) mass is 255 g/mol. The van der Waals surface area contributed by atoms with Crippen LogP contribution in [-0.4, -0.2) is 15.8 Å². The second kappa shape index (κ2) is 5.17. The van der Waals surface area contributed by atoms with E-state index in [2.05, 4.69) is 53.2 Å². The molecule has 3 nitrogen and oxygen atoms in total. The van der Waals surface area contributed by atoms with E-state index in [1.807, 2.05) is 6.20 Å². The van der Waals surface area contributed by atoms with E-state index in [-0.39, 0.29) is 0 Å². The maximum Gasteiger partial charge on any atom is 0.0684 e. The minimum Gasteiger partial charge on any atom is -0.310 e. The van der Waals surface area contributed by atoms with Crippen molar-refractivity contribution < 1.29 is 0 Å². The molecule has 0 saturated heterocycles. The first-order chi connectivity index (χ1) is 9.28. The van der Waals surface area contributed by atoms with Crippen molar-refractivity contribution in [3.05, 3.63) is 41.6 Å². The van der Waals surface area contributed by atoms with Crippen molar-refractivity contribution in [1.82, 2.24) is 15.1 Å². The molecule has 1 saturated carbocycles. The summed E-state index contributed by atoms with van der Waals surface area (Å²) in [6.45, 7) is 6.18. The van der Waals surface area contributed by atoms with E-state index in [1.54, 1.807) is 0 Å². The van der Waals surface area contributed by atoms with Crippen molar-refractivity contribution in [3.8, 4) is 11.3 Å². The van der Waals surface area contributed by atoms with Crippen LogP contribution in [0.25, 0.3) is 11.3 Å². The molecule has 19 heavy (non-hydrogen) atoms. The molecular weight excluding hydrogens is 234 g/mol. The SMILES string of the molecule is CCn1nccc1-c1cc(CNC2CC2)ccc1C. The largest absolute Gasteiger partial charge is 0.310 e. The quantitative estimate of drug-likeness (QED) is 0.889. The van der Waals surface area contributed by atoms with Gasteiger partial charge in [0.25, 0.3) is 0 Å². The van der Waals surface area contributed by atoms with Gasteiger partial charge >= 0.3 is 0 Å². The molecule has 0 unspecified atom stereocenters. The van der Waals surface area contributed by atoms with E-state index < -0.39 is 0 Å². The average molecular weight is 255 g/mol. The summed E-state index contributed by atoms with van der Waals surface area (Å²) >= 11 is 0. The van der Waals surface area contributed by atoms with Crippen LogP contribution in [0.15, 0.2) is 30.5 Å². The summed E-state index contributed by atoms with van der Waals surface area (Å²) in [6.07, 6.45) is 4.55. The van der Waals surface area contributed by atoms with Gasteiger partial charge in [-0.05, 0) is 49.9 Å². The minimum absolute atomic E-state index is 0.755. The fourth-order valence-corrected chi connectivity index (χ4v) is 2.42. The molecule has 1 aromatic heterocycles. The lowest BCUT2D eigenvalue weighted by Gasteiger charge is -2.11. The van der Waals surface area contributed by atoms with E-state index in [4.69, 9.17) is 0 Å². The fraction of sp³-hybridized carbons (Fsp3) is 0.438. The normalized spacial score (nSPS) is 14.8. The molecule has 1 N–H and O–H groups in total. The Bertz CT molecular complexity index is 567. The second-order valence-corrected chi connectivity index (χ2v) is 5.34. The highest BCUT2D eigenvalue weighted by atomic mass is 15.3. The smallest absolute Gasteiger partial charge is 0.0684 e. The lowest BCUT2D eigenvalue weighted by molar-refractivity contribution is 0.666. The van der Waals surface area contributed by atoms with Gasteiger partial charge in [0, 0.05) is 30.9 Å². The summed E-state index contributed by atoms with van der Waals surface area (Å²) < 4.78 is 2.06. The molecule has 3 rings (SSSR count). The molecule has 0 aliphatic heterocycles. The molecule has 1 aliphatic rings. The Kier molecular flexibility index (Phi) is 3.38. The number of hydrogen-bond donors (Lipinski definition) is 1. The van der Waals surface area contributed by atoms with Gasteiger partial charge in [-0.25, -0.2) is 0 Å². The first-order valence-electron chi connectivity index (χ1n) is 7.13. The number of benzene rings is 1. The third kappa shape index (κ3) is 2.71. The van der Waals surface area contributed by atoms with E-state index in [9.17, 15) is 0 Å². The molecule has 0 radical (unpaired) electrons. The van der Waals surface area contributed by atoms with E-state index in [0.29, 0.717) is 0 Å². The molecule has 0 amide bonds. The van der Waals surface area contributed by atoms with Crippen molar-refractivity contribution >= 4 is 0 Å². The Morgan fingerprint density at radius 1 is 1.32 bits per heavy atom. The lowest BCUT2D eigenvalue weighted by atomic mass is 10.0. The van der Waals surface area contributed by atoms with Crippen molar-refractivity contribution in [1.29, 1.82) is 0 Å². The molecule has 2 aromatic rings. The molecule has 1 aromatic carbocycles. The number of aryl methyl sites for hydroxylation is 2. The molecule has 3 heteroatoms. The van der Waals surface area contributed by atoms with Crippen LogP contribution in [-0.2, 0) is 13.1 Å². The van der Waals surface area contributed by atoms with Crippen molar-refractivity contribution in [2.24, 2.45) is 0 Å². The van der Waals surface area contributed by atoms with Crippen LogP contribution in [0.2, 0.25) is 0 Å². The number of aromatic nitrogens is 2. The molecule has 0 atom stereocenters. The van der Waals surface area contributed by atoms with Gasteiger partial charge in [0.2, 0.25) is 0 Å². The molecule has 100 valence electrons. The topological polar surface area (TPSA) is 29.9 Å². The lowest BCUT2D eigenvalue weighted by Crippen LogP contribution is -2.15. The zero-order valence-electron chi connectivity index (χ0n) is 11.7. The third-order valence-corrected chi connectivity index (χ3v) is 3.77. The van der Waals surface area contributed by atoms with Gasteiger partial charge in [-0.1, -0.05) is 12.1 Å². The number of hydrogen-bond acceptors (Lipinski definition) is 2. The van der Waals surface area contributed by atoms with Crippen LogP contribution < -0.4 is 5.32 Å². The predicted octanol–water partition coefficient (Wildman–Crippen LogP) is 3.13. The molecule has 0 bridgehead atoms. The van der Waals surface area contributed by atoms with Crippen LogP contribution in [0.1, 0.15) is 30.9 Å². The van der Waals surface area contributed by atoms with Gasteiger partial charge < -0.3 is 5.32 Å². The van der Waals surface area contributed by atoms with Gasteiger partial charge in [-0.2, -0.15) is 5.10 Å². The Balaban J connectivity index is 1.88. The average Bonchev–Trinajstić information content (AvgIpc) is 3.13. The van der Waals surface area contributed by atoms with Crippen molar-refractivity contribution in [2.45, 2.75) is 45.8 Å². The summed E-state index contributed by atoms with van der Waals surface area (Å²) in [7, 11) is 0.